The molecular weight excluding hydrogens is 354 g/mol. The monoisotopic (exact) mass is 393 g/mol. The Balaban J connectivity index is 0.00000136. The molecular formula is C22H39N3O3. The molecule has 0 aromatic carbocycles. The maximum absolute atomic E-state index is 13.2. The van der Waals surface area contributed by atoms with Crippen molar-refractivity contribution >= 4 is 17.6 Å². The second-order valence-corrected chi connectivity index (χ2v) is 8.22. The molecule has 160 valence electrons. The molecule has 0 bridgehead atoms. The highest BCUT2D eigenvalue weighted by atomic mass is 16.2. The molecule has 0 radical (unpaired) electrons. The number of amides is 2. The second-order valence-electron chi connectivity index (χ2n) is 8.22. The Morgan fingerprint density at radius 1 is 0.786 bits per heavy atom. The largest absolute Gasteiger partial charge is 0.331 e. The van der Waals surface area contributed by atoms with Gasteiger partial charge in [0.25, 0.3) is 0 Å². The van der Waals surface area contributed by atoms with E-state index in [-0.39, 0.29) is 41.6 Å². The van der Waals surface area contributed by atoms with Crippen LogP contribution in [0, 0.1) is 5.92 Å². The Hall–Kier alpha value is -1.43. The third-order valence-electron chi connectivity index (χ3n) is 6.31. The minimum Gasteiger partial charge on any atom is -0.331 e. The molecule has 28 heavy (non-hydrogen) atoms. The summed E-state index contributed by atoms with van der Waals surface area (Å²) in [5.74, 6) is 0.200. The highest BCUT2D eigenvalue weighted by Gasteiger charge is 2.44. The number of hydrogen-bond acceptors (Lipinski definition) is 4. The maximum Gasteiger partial charge on any atom is 0.245 e. The van der Waals surface area contributed by atoms with Crippen molar-refractivity contribution in [2.45, 2.75) is 91.3 Å². The first-order valence-electron chi connectivity index (χ1n) is 11.3. The van der Waals surface area contributed by atoms with Gasteiger partial charge in [0.2, 0.25) is 11.8 Å². The predicted molar refractivity (Wildman–Crippen MR) is 111 cm³/mol. The van der Waals surface area contributed by atoms with Crippen molar-refractivity contribution in [1.29, 1.82) is 0 Å². The second kappa shape index (κ2) is 10.4. The molecule has 6 nitrogen and oxygen atoms in total. The number of carbonyl (C=O) groups excluding carboxylic acids is 3. The van der Waals surface area contributed by atoms with Gasteiger partial charge in [-0.2, -0.15) is 0 Å². The Bertz CT molecular complexity index is 563. The molecule has 0 aromatic heterocycles. The molecule has 0 aliphatic carbocycles. The number of rotatable bonds is 5. The molecule has 0 N–H and O–H groups in total. The molecule has 3 aliphatic rings. The van der Waals surface area contributed by atoms with E-state index in [1.165, 1.54) is 0 Å². The SMILES string of the molecule is CC.CCN1CCCC1C(=O)N1CCCC1C(=O)N1CCCC1C(=O)C(C)C. The van der Waals surface area contributed by atoms with E-state index >= 15 is 0 Å². The van der Waals surface area contributed by atoms with E-state index in [2.05, 4.69) is 11.8 Å². The first-order chi connectivity index (χ1) is 13.5. The third kappa shape index (κ3) is 4.58. The predicted octanol–water partition coefficient (Wildman–Crippen LogP) is 2.70. The quantitative estimate of drug-likeness (QED) is 0.721. The van der Waals surface area contributed by atoms with Gasteiger partial charge in [-0.05, 0) is 51.6 Å². The average Bonchev–Trinajstić information content (AvgIpc) is 3.47. The molecule has 3 unspecified atom stereocenters. The van der Waals surface area contributed by atoms with Gasteiger partial charge in [0, 0.05) is 19.0 Å². The summed E-state index contributed by atoms with van der Waals surface area (Å²) < 4.78 is 0. The van der Waals surface area contributed by atoms with E-state index in [4.69, 9.17) is 0 Å². The molecule has 6 heteroatoms. The number of nitrogens with zero attached hydrogens (tertiary/aromatic N) is 3. The molecule has 0 saturated carbocycles. The van der Waals surface area contributed by atoms with Gasteiger partial charge in [-0.15, -0.1) is 0 Å². The van der Waals surface area contributed by atoms with Gasteiger partial charge >= 0.3 is 0 Å². The van der Waals surface area contributed by atoms with Crippen LogP contribution in [0.15, 0.2) is 0 Å². The molecule has 2 amide bonds. The number of ketones is 1. The zero-order valence-corrected chi connectivity index (χ0v) is 18.4. The van der Waals surface area contributed by atoms with Gasteiger partial charge in [-0.1, -0.05) is 34.6 Å². The molecule has 3 rings (SSSR count). The molecule has 0 spiro atoms. The summed E-state index contributed by atoms with van der Waals surface area (Å²) >= 11 is 0. The minimum absolute atomic E-state index is 0.00612. The summed E-state index contributed by atoms with van der Waals surface area (Å²) in [6.07, 6.45) is 5.17. The van der Waals surface area contributed by atoms with Crippen LogP contribution in [0.4, 0.5) is 0 Å². The topological polar surface area (TPSA) is 60.9 Å². The fraction of sp³-hybridized carbons (Fsp3) is 0.864. The molecule has 3 heterocycles. The van der Waals surface area contributed by atoms with Crippen molar-refractivity contribution in [1.82, 2.24) is 14.7 Å². The fourth-order valence-electron chi connectivity index (χ4n) is 4.87. The Labute approximate surface area is 170 Å². The smallest absolute Gasteiger partial charge is 0.245 e. The maximum atomic E-state index is 13.2. The lowest BCUT2D eigenvalue weighted by atomic mass is 9.99. The van der Waals surface area contributed by atoms with Crippen LogP contribution in [-0.2, 0) is 14.4 Å². The summed E-state index contributed by atoms with van der Waals surface area (Å²) in [7, 11) is 0. The standard InChI is InChI=1S/C20H33N3O3.C2H6/c1-4-21-11-5-9-16(21)19(25)23-13-7-10-17(23)20(26)22-12-6-8-15(22)18(24)14(2)3;1-2/h14-17H,4-13H2,1-3H3;1-2H3. The van der Waals surface area contributed by atoms with Crippen molar-refractivity contribution in [2.75, 3.05) is 26.2 Å². The number of likely N-dealkylation sites (tertiary alicyclic amines) is 3. The summed E-state index contributed by atoms with van der Waals surface area (Å²) in [4.78, 5) is 44.7. The van der Waals surface area contributed by atoms with Crippen molar-refractivity contribution in [3.63, 3.8) is 0 Å². The molecule has 3 saturated heterocycles. The number of Topliss-reactive ketones (excluding diaryl/α,β-unsaturated/α-hetero) is 1. The number of hydrogen-bond donors (Lipinski definition) is 0. The summed E-state index contributed by atoms with van der Waals surface area (Å²) in [6.45, 7) is 13.0. The van der Waals surface area contributed by atoms with Gasteiger partial charge in [-0.3, -0.25) is 19.3 Å². The highest BCUT2D eigenvalue weighted by Crippen LogP contribution is 2.29. The van der Waals surface area contributed by atoms with Gasteiger partial charge in [0.15, 0.2) is 5.78 Å². The Morgan fingerprint density at radius 2 is 1.25 bits per heavy atom. The van der Waals surface area contributed by atoms with Crippen molar-refractivity contribution in [3.8, 4) is 0 Å². The van der Waals surface area contributed by atoms with E-state index in [1.54, 1.807) is 4.90 Å². The summed E-state index contributed by atoms with van der Waals surface area (Å²) in [6, 6.07) is -0.735. The van der Waals surface area contributed by atoms with Crippen molar-refractivity contribution in [2.24, 2.45) is 5.92 Å². The fourth-order valence-corrected chi connectivity index (χ4v) is 4.87. The lowest BCUT2D eigenvalue weighted by Gasteiger charge is -2.34. The molecule has 0 aromatic rings. The average molecular weight is 394 g/mol. The van der Waals surface area contributed by atoms with Crippen LogP contribution in [0.3, 0.4) is 0 Å². The molecule has 3 atom stereocenters. The zero-order chi connectivity index (χ0) is 20.8. The third-order valence-corrected chi connectivity index (χ3v) is 6.31. The first kappa shape index (κ1) is 22.9. The van der Waals surface area contributed by atoms with E-state index in [1.807, 2.05) is 32.6 Å². The molecule has 3 fully saturated rings. The van der Waals surface area contributed by atoms with E-state index in [0.29, 0.717) is 13.1 Å². The van der Waals surface area contributed by atoms with Crippen LogP contribution in [0.2, 0.25) is 0 Å². The van der Waals surface area contributed by atoms with E-state index in [9.17, 15) is 14.4 Å². The van der Waals surface area contributed by atoms with Gasteiger partial charge in [0.05, 0.1) is 12.1 Å². The van der Waals surface area contributed by atoms with Crippen molar-refractivity contribution in [3.05, 3.63) is 0 Å². The van der Waals surface area contributed by atoms with Crippen LogP contribution in [0.25, 0.3) is 0 Å². The minimum atomic E-state index is -0.373. The van der Waals surface area contributed by atoms with Gasteiger partial charge < -0.3 is 9.80 Å². The normalized spacial score (nSPS) is 27.9. The van der Waals surface area contributed by atoms with Gasteiger partial charge in [0.1, 0.15) is 6.04 Å². The van der Waals surface area contributed by atoms with E-state index < -0.39 is 0 Å². The van der Waals surface area contributed by atoms with Crippen LogP contribution in [-0.4, -0.2) is 76.6 Å². The Morgan fingerprint density at radius 3 is 1.82 bits per heavy atom. The highest BCUT2D eigenvalue weighted by molar-refractivity contribution is 5.95. The Kier molecular flexibility index (Phi) is 8.47. The van der Waals surface area contributed by atoms with Crippen LogP contribution in [0.1, 0.15) is 73.1 Å². The van der Waals surface area contributed by atoms with Crippen LogP contribution < -0.4 is 0 Å². The molecule has 3 aliphatic heterocycles. The first-order valence-corrected chi connectivity index (χ1v) is 11.3. The van der Waals surface area contributed by atoms with Gasteiger partial charge in [-0.25, -0.2) is 0 Å². The van der Waals surface area contributed by atoms with E-state index in [0.717, 1.165) is 51.6 Å². The number of likely N-dealkylation sites (N-methyl/N-ethyl adjacent to an activating group) is 1. The van der Waals surface area contributed by atoms with Crippen LogP contribution in [0.5, 0.6) is 0 Å². The summed E-state index contributed by atoms with van der Waals surface area (Å²) in [5, 5.41) is 0. The van der Waals surface area contributed by atoms with Crippen LogP contribution >= 0.6 is 0 Å². The lowest BCUT2D eigenvalue weighted by Crippen LogP contribution is -2.54. The van der Waals surface area contributed by atoms with Crippen molar-refractivity contribution < 1.29 is 14.4 Å². The zero-order valence-electron chi connectivity index (χ0n) is 18.4. The lowest BCUT2D eigenvalue weighted by molar-refractivity contribution is -0.148. The summed E-state index contributed by atoms with van der Waals surface area (Å²) in [5.41, 5.74) is 0. The number of carbonyl (C=O) groups is 3.